The van der Waals surface area contributed by atoms with Crippen LogP contribution in [0.1, 0.15) is 38.5 Å². The minimum atomic E-state index is -1.82. The van der Waals surface area contributed by atoms with Gasteiger partial charge >= 0.3 is 0 Å². The highest BCUT2D eigenvalue weighted by molar-refractivity contribution is 5.22. The van der Waals surface area contributed by atoms with Crippen LogP contribution in [0.3, 0.4) is 0 Å². The average molecular weight is 380 g/mol. The van der Waals surface area contributed by atoms with Crippen LogP contribution in [0.15, 0.2) is 0 Å². The summed E-state index contributed by atoms with van der Waals surface area (Å²) in [4.78, 5) is 62.4. The van der Waals surface area contributed by atoms with Gasteiger partial charge in [-0.05, 0) is 0 Å². The predicted molar refractivity (Wildman–Crippen MR) is 70.9 cm³/mol. The van der Waals surface area contributed by atoms with Gasteiger partial charge in [-0.2, -0.15) is 0 Å². The highest BCUT2D eigenvalue weighted by atomic mass is 17.0. The van der Waals surface area contributed by atoms with Crippen LogP contribution in [0.5, 0.6) is 0 Å². The second kappa shape index (κ2) is 5.15. The predicted octanol–water partition coefficient (Wildman–Crippen LogP) is 0.156. The summed E-state index contributed by atoms with van der Waals surface area (Å²) < 4.78 is 0. The number of hydrogen-bond acceptors (Lipinski definition) is 12. The number of rotatable bonds is 8. The second-order valence-electron chi connectivity index (χ2n) is 7.05. The first-order chi connectivity index (χ1) is 11.9. The summed E-state index contributed by atoms with van der Waals surface area (Å²) in [5.74, 6) is 0. The average Bonchev–Trinajstić information content (AvgIpc) is 2.28. The second-order valence-corrected chi connectivity index (χ2v) is 7.05. The molecule has 0 N–H and O–H groups in total. The van der Waals surface area contributed by atoms with Crippen molar-refractivity contribution in [1.29, 1.82) is 0 Å². The Hall–Kier alpha value is -3.20. The van der Waals surface area contributed by atoms with Gasteiger partial charge in [-0.15, -0.1) is 40.5 Å². The number of nitrogens with zero attached hydrogens (tertiary/aromatic N) is 4. The van der Waals surface area contributed by atoms with E-state index in [4.69, 9.17) is 0 Å². The fourth-order valence-corrected chi connectivity index (χ4v) is 5.29. The highest BCUT2D eigenvalue weighted by Gasteiger charge is 2.74. The molecule has 0 radical (unpaired) electrons. The van der Waals surface area contributed by atoms with Crippen molar-refractivity contribution in [1.82, 2.24) is 0 Å². The molecule has 4 aliphatic rings. The van der Waals surface area contributed by atoms with Crippen molar-refractivity contribution in [3.63, 3.8) is 0 Å². The molecule has 4 bridgehead atoms. The Morgan fingerprint density at radius 1 is 0.462 bits per heavy atom. The van der Waals surface area contributed by atoms with Crippen LogP contribution in [-0.2, 0) is 19.4 Å². The molecule has 0 atom stereocenters. The lowest BCUT2D eigenvalue weighted by atomic mass is 9.48. The zero-order valence-electron chi connectivity index (χ0n) is 12.9. The molecule has 4 aliphatic carbocycles. The Kier molecular flexibility index (Phi) is 3.49. The fourth-order valence-electron chi connectivity index (χ4n) is 5.29. The minimum Gasteiger partial charge on any atom is -0.307 e. The summed E-state index contributed by atoms with van der Waals surface area (Å²) in [5.41, 5.74) is -7.28. The molecule has 26 heavy (non-hydrogen) atoms. The van der Waals surface area contributed by atoms with Gasteiger partial charge in [0.2, 0.25) is 0 Å². The minimum absolute atomic E-state index is 0.367. The maximum absolute atomic E-state index is 10.9. The van der Waals surface area contributed by atoms with E-state index in [9.17, 15) is 40.5 Å². The Bertz CT molecular complexity index is 544. The quantitative estimate of drug-likeness (QED) is 0.407. The number of hydrogen-bond donors (Lipinski definition) is 0. The molecule has 0 heterocycles. The van der Waals surface area contributed by atoms with Crippen molar-refractivity contribution < 1.29 is 39.7 Å². The monoisotopic (exact) mass is 380 g/mol. The third kappa shape index (κ3) is 2.93. The van der Waals surface area contributed by atoms with E-state index in [0.717, 1.165) is 0 Å². The molecule has 4 rings (SSSR count). The van der Waals surface area contributed by atoms with E-state index in [1.165, 1.54) is 0 Å². The lowest BCUT2D eigenvalue weighted by Gasteiger charge is -2.65. The van der Waals surface area contributed by atoms with E-state index in [1.807, 2.05) is 0 Å². The van der Waals surface area contributed by atoms with Crippen molar-refractivity contribution in [3.05, 3.63) is 40.5 Å². The van der Waals surface area contributed by atoms with E-state index >= 15 is 0 Å². The van der Waals surface area contributed by atoms with Gasteiger partial charge in [0, 0.05) is 38.5 Å². The molecule has 0 spiro atoms. The molecule has 0 aromatic heterocycles. The molecular formula is C10H12N4O12. The van der Waals surface area contributed by atoms with Gasteiger partial charge in [-0.25, -0.2) is 0 Å². The summed E-state index contributed by atoms with van der Waals surface area (Å²) in [6, 6.07) is 0. The van der Waals surface area contributed by atoms with Crippen molar-refractivity contribution in [2.24, 2.45) is 0 Å². The van der Waals surface area contributed by atoms with Crippen LogP contribution in [0.2, 0.25) is 0 Å². The Morgan fingerprint density at radius 3 is 0.731 bits per heavy atom. The maximum atomic E-state index is 10.9. The third-order valence-corrected chi connectivity index (χ3v) is 4.94. The van der Waals surface area contributed by atoms with Crippen LogP contribution < -0.4 is 0 Å². The molecule has 16 nitrogen and oxygen atoms in total. The molecule has 4 saturated carbocycles. The lowest BCUT2D eigenvalue weighted by Crippen LogP contribution is -2.74. The first-order valence-corrected chi connectivity index (χ1v) is 7.25. The molecular weight excluding hydrogens is 368 g/mol. The van der Waals surface area contributed by atoms with E-state index < -0.39 is 42.8 Å². The van der Waals surface area contributed by atoms with Crippen molar-refractivity contribution in [2.45, 2.75) is 60.9 Å². The van der Waals surface area contributed by atoms with Crippen molar-refractivity contribution in [2.75, 3.05) is 0 Å². The summed E-state index contributed by atoms with van der Waals surface area (Å²) in [5, 5.41) is 39.1. The standard InChI is InChI=1S/C10H12N4O12/c15-11(16)23-7-1-8(24-12(17)18)4-9(2-7,25-13(19)20)6-10(3-7,5-8)26-14(21)22/h1-6H2. The summed E-state index contributed by atoms with van der Waals surface area (Å²) in [6.07, 6.45) is -2.20. The van der Waals surface area contributed by atoms with Crippen LogP contribution in [0, 0.1) is 40.5 Å². The Morgan fingerprint density at radius 2 is 0.615 bits per heavy atom. The van der Waals surface area contributed by atoms with E-state index in [-0.39, 0.29) is 38.5 Å². The van der Waals surface area contributed by atoms with Gasteiger partial charge in [0.15, 0.2) is 0 Å². The zero-order valence-corrected chi connectivity index (χ0v) is 12.9. The molecule has 144 valence electrons. The Labute approximate surface area is 142 Å². The molecule has 0 aromatic rings. The van der Waals surface area contributed by atoms with Gasteiger partial charge in [0.1, 0.15) is 22.4 Å². The van der Waals surface area contributed by atoms with Crippen LogP contribution in [-0.4, -0.2) is 42.8 Å². The summed E-state index contributed by atoms with van der Waals surface area (Å²) >= 11 is 0. The lowest BCUT2D eigenvalue weighted by molar-refractivity contribution is -0.834. The van der Waals surface area contributed by atoms with Gasteiger partial charge in [-0.3, -0.25) is 0 Å². The summed E-state index contributed by atoms with van der Waals surface area (Å²) in [7, 11) is 0. The topological polar surface area (TPSA) is 209 Å². The van der Waals surface area contributed by atoms with Crippen LogP contribution in [0.4, 0.5) is 0 Å². The molecule has 0 aliphatic heterocycles. The molecule has 0 saturated heterocycles. The van der Waals surface area contributed by atoms with Crippen molar-refractivity contribution in [3.8, 4) is 0 Å². The van der Waals surface area contributed by atoms with Gasteiger partial charge in [0.05, 0.1) is 0 Å². The van der Waals surface area contributed by atoms with Gasteiger partial charge in [0.25, 0.3) is 20.3 Å². The fraction of sp³-hybridized carbons (Fsp3) is 1.00. The van der Waals surface area contributed by atoms with Crippen molar-refractivity contribution >= 4 is 0 Å². The maximum Gasteiger partial charge on any atom is 0.295 e. The van der Waals surface area contributed by atoms with Gasteiger partial charge < -0.3 is 19.4 Å². The van der Waals surface area contributed by atoms with Crippen LogP contribution in [0.25, 0.3) is 0 Å². The van der Waals surface area contributed by atoms with Gasteiger partial charge in [-0.1, -0.05) is 0 Å². The molecule has 4 fully saturated rings. The summed E-state index contributed by atoms with van der Waals surface area (Å²) in [6.45, 7) is 0. The molecule has 0 aromatic carbocycles. The third-order valence-electron chi connectivity index (χ3n) is 4.94. The first kappa shape index (κ1) is 17.6. The highest BCUT2D eigenvalue weighted by Crippen LogP contribution is 2.65. The van der Waals surface area contributed by atoms with E-state index in [2.05, 4.69) is 19.4 Å². The van der Waals surface area contributed by atoms with E-state index in [1.54, 1.807) is 0 Å². The van der Waals surface area contributed by atoms with E-state index in [0.29, 0.717) is 0 Å². The zero-order chi connectivity index (χ0) is 19.4. The largest absolute Gasteiger partial charge is 0.307 e. The Balaban J connectivity index is 2.10. The first-order valence-electron chi connectivity index (χ1n) is 7.25. The SMILES string of the molecule is O=[N+]([O-])OC12CC3(O[N+](=O)[O-])CC(O[N+](=O)[O-])(C1)CC(O[N+](=O)[O-])(C2)C3. The molecule has 0 amide bonds. The molecule has 16 heteroatoms. The normalized spacial score (nSPS) is 39.7. The van der Waals surface area contributed by atoms with Crippen LogP contribution >= 0.6 is 0 Å². The smallest absolute Gasteiger partial charge is 0.295 e. The molecule has 0 unspecified atom stereocenters.